The van der Waals surface area contributed by atoms with Crippen LogP contribution in [0.2, 0.25) is 5.02 Å². The fourth-order valence-corrected chi connectivity index (χ4v) is 6.89. The van der Waals surface area contributed by atoms with Gasteiger partial charge < -0.3 is 25.2 Å². The molecule has 3 aromatic carbocycles. The number of hydrogen-bond donors (Lipinski definition) is 3. The molecule has 10 heteroatoms. The number of halogens is 2. The lowest BCUT2D eigenvalue weighted by molar-refractivity contribution is 0.0747. The Bertz CT molecular complexity index is 1600. The van der Waals surface area contributed by atoms with E-state index in [1.165, 1.54) is 0 Å². The summed E-state index contributed by atoms with van der Waals surface area (Å²) >= 11 is 6.83. The van der Waals surface area contributed by atoms with Crippen molar-refractivity contribution in [1.82, 2.24) is 20.2 Å². The molecule has 2 atom stereocenters. The van der Waals surface area contributed by atoms with Gasteiger partial charge in [0.1, 0.15) is 23.7 Å². The van der Waals surface area contributed by atoms with Gasteiger partial charge >= 0.3 is 6.01 Å². The van der Waals surface area contributed by atoms with Gasteiger partial charge in [-0.25, -0.2) is 4.39 Å². The number of benzene rings is 3. The number of rotatable bonds is 6. The minimum atomic E-state index is -0.570. The predicted octanol–water partition coefficient (Wildman–Crippen LogP) is 4.72. The number of phenols is 1. The first-order valence-corrected chi connectivity index (χ1v) is 14.8. The number of aliphatic hydroxyl groups excluding tert-OH is 1. The van der Waals surface area contributed by atoms with Crippen molar-refractivity contribution in [3.8, 4) is 22.9 Å². The van der Waals surface area contributed by atoms with Crippen LogP contribution < -0.4 is 15.0 Å². The normalized spacial score (nSPS) is 21.7. The molecule has 4 aromatic rings. The summed E-state index contributed by atoms with van der Waals surface area (Å²) in [7, 11) is 0. The molecule has 3 fully saturated rings. The van der Waals surface area contributed by atoms with E-state index in [1.54, 1.807) is 18.2 Å². The van der Waals surface area contributed by atoms with Crippen molar-refractivity contribution < 1.29 is 19.3 Å². The standard InChI is InChI=1S/C31H33ClFN5O3/c32-26-15-25-29(28(33)27(26)24-14-22(40)13-18-3-1-2-4-23(18)24)35-31(41-12-11-37-9-7-21(39)8-10-37)36-30(25)38-16-19-5-6-20(17-38)34-19/h1-4,13-15,19-21,34,39-40H,5-12,16-17H2. The number of anilines is 1. The molecule has 1 aromatic heterocycles. The monoisotopic (exact) mass is 577 g/mol. The number of piperazine rings is 1. The molecule has 3 N–H and O–H groups in total. The predicted molar refractivity (Wildman–Crippen MR) is 158 cm³/mol. The highest BCUT2D eigenvalue weighted by Gasteiger charge is 2.34. The molecule has 0 amide bonds. The maximum Gasteiger partial charge on any atom is 0.319 e. The first-order chi connectivity index (χ1) is 19.9. The third kappa shape index (κ3) is 5.16. The number of phenolic OH excluding ortho intramolecular Hbond substituents is 1. The lowest BCUT2D eigenvalue weighted by Crippen LogP contribution is -2.51. The molecule has 214 valence electrons. The fraction of sp³-hybridized carbons (Fsp3) is 0.419. The topological polar surface area (TPSA) is 94.0 Å². The molecule has 0 radical (unpaired) electrons. The second-order valence-electron chi connectivity index (χ2n) is 11.5. The SMILES string of the molecule is Oc1cc(-c2c(Cl)cc3c(N4CC5CCC(C4)N5)nc(OCCN4CCC(O)CC4)nc3c2F)c2ccccc2c1. The van der Waals surface area contributed by atoms with E-state index in [0.29, 0.717) is 42.0 Å². The summed E-state index contributed by atoms with van der Waals surface area (Å²) in [6, 6.07) is 13.3. The van der Waals surface area contributed by atoms with Crippen molar-refractivity contribution in [2.24, 2.45) is 0 Å². The van der Waals surface area contributed by atoms with E-state index in [4.69, 9.17) is 21.3 Å². The third-order valence-corrected chi connectivity index (χ3v) is 8.97. The molecular weight excluding hydrogens is 545 g/mol. The zero-order chi connectivity index (χ0) is 28.1. The molecule has 3 aliphatic rings. The van der Waals surface area contributed by atoms with E-state index in [0.717, 1.165) is 62.6 Å². The molecule has 41 heavy (non-hydrogen) atoms. The van der Waals surface area contributed by atoms with Crippen molar-refractivity contribution in [2.75, 3.05) is 44.2 Å². The highest BCUT2D eigenvalue weighted by atomic mass is 35.5. The second-order valence-corrected chi connectivity index (χ2v) is 11.9. The molecule has 4 heterocycles. The Balaban J connectivity index is 1.31. The lowest BCUT2D eigenvalue weighted by Gasteiger charge is -2.34. The van der Waals surface area contributed by atoms with Gasteiger partial charge in [0, 0.05) is 55.8 Å². The maximum absolute atomic E-state index is 16.6. The number of nitrogens with one attached hydrogen (secondary N) is 1. The third-order valence-electron chi connectivity index (χ3n) is 8.67. The number of likely N-dealkylation sites (tertiary alicyclic amines) is 1. The summed E-state index contributed by atoms with van der Waals surface area (Å²) in [6.07, 6.45) is 3.46. The van der Waals surface area contributed by atoms with Crippen LogP contribution in [-0.2, 0) is 0 Å². The van der Waals surface area contributed by atoms with Crippen LogP contribution in [0.15, 0.2) is 42.5 Å². The van der Waals surface area contributed by atoms with Crippen LogP contribution >= 0.6 is 11.6 Å². The van der Waals surface area contributed by atoms with Gasteiger partial charge in [-0.3, -0.25) is 4.90 Å². The summed E-state index contributed by atoms with van der Waals surface area (Å²) in [5.74, 6) is 0.0840. The number of nitrogens with zero attached hydrogens (tertiary/aromatic N) is 4. The van der Waals surface area contributed by atoms with E-state index >= 15 is 4.39 Å². The van der Waals surface area contributed by atoms with E-state index in [9.17, 15) is 10.2 Å². The molecule has 0 aliphatic carbocycles. The Labute approximate surface area is 242 Å². The van der Waals surface area contributed by atoms with Crippen LogP contribution in [0.5, 0.6) is 11.8 Å². The zero-order valence-corrected chi connectivity index (χ0v) is 23.4. The van der Waals surface area contributed by atoms with E-state index in [1.807, 2.05) is 24.3 Å². The smallest absolute Gasteiger partial charge is 0.319 e. The van der Waals surface area contributed by atoms with Crippen LogP contribution in [0.3, 0.4) is 0 Å². The Morgan fingerprint density at radius 2 is 1.76 bits per heavy atom. The maximum atomic E-state index is 16.6. The van der Waals surface area contributed by atoms with Crippen molar-refractivity contribution in [3.63, 3.8) is 0 Å². The molecule has 3 saturated heterocycles. The zero-order valence-electron chi connectivity index (χ0n) is 22.7. The average Bonchev–Trinajstić information content (AvgIpc) is 3.31. The van der Waals surface area contributed by atoms with Gasteiger partial charge in [0.05, 0.1) is 11.1 Å². The molecule has 0 saturated carbocycles. The van der Waals surface area contributed by atoms with Gasteiger partial charge in [-0.1, -0.05) is 35.9 Å². The van der Waals surface area contributed by atoms with E-state index in [2.05, 4.69) is 20.1 Å². The molecule has 3 aliphatic heterocycles. The van der Waals surface area contributed by atoms with Gasteiger partial charge in [0.2, 0.25) is 0 Å². The highest BCUT2D eigenvalue weighted by Crippen LogP contribution is 2.42. The molecule has 8 nitrogen and oxygen atoms in total. The summed E-state index contributed by atoms with van der Waals surface area (Å²) in [4.78, 5) is 13.8. The largest absolute Gasteiger partial charge is 0.508 e. The molecular formula is C31H33ClFN5O3. The number of piperidine rings is 1. The first kappa shape index (κ1) is 26.6. The lowest BCUT2D eigenvalue weighted by atomic mass is 9.96. The van der Waals surface area contributed by atoms with Gasteiger partial charge in [0.15, 0.2) is 5.82 Å². The van der Waals surface area contributed by atoms with Crippen LogP contribution in [-0.4, -0.2) is 82.6 Å². The van der Waals surface area contributed by atoms with Crippen LogP contribution in [0, 0.1) is 5.82 Å². The van der Waals surface area contributed by atoms with Gasteiger partial charge in [-0.05, 0) is 60.2 Å². The number of aromatic nitrogens is 2. The Hall–Kier alpha value is -3.24. The van der Waals surface area contributed by atoms with Crippen molar-refractivity contribution in [3.05, 3.63) is 53.3 Å². The minimum Gasteiger partial charge on any atom is -0.508 e. The summed E-state index contributed by atoms with van der Waals surface area (Å²) in [5, 5.41) is 26.2. The number of hydrogen-bond acceptors (Lipinski definition) is 8. The molecule has 2 bridgehead atoms. The highest BCUT2D eigenvalue weighted by molar-refractivity contribution is 6.35. The van der Waals surface area contributed by atoms with Crippen LogP contribution in [0.1, 0.15) is 25.7 Å². The van der Waals surface area contributed by atoms with Gasteiger partial charge in [0.25, 0.3) is 0 Å². The van der Waals surface area contributed by atoms with Crippen LogP contribution in [0.4, 0.5) is 10.2 Å². The quantitative estimate of drug-likeness (QED) is 0.303. The number of fused-ring (bicyclic) bond motifs is 4. The number of ether oxygens (including phenoxy) is 1. The Morgan fingerprint density at radius 1 is 1.00 bits per heavy atom. The Morgan fingerprint density at radius 3 is 2.54 bits per heavy atom. The molecule has 2 unspecified atom stereocenters. The van der Waals surface area contributed by atoms with Gasteiger partial charge in [-0.2, -0.15) is 9.97 Å². The van der Waals surface area contributed by atoms with Crippen molar-refractivity contribution in [2.45, 2.75) is 43.9 Å². The van der Waals surface area contributed by atoms with Gasteiger partial charge in [-0.15, -0.1) is 0 Å². The summed E-state index contributed by atoms with van der Waals surface area (Å²) in [5.41, 5.74) is 0.832. The molecule has 7 rings (SSSR count). The van der Waals surface area contributed by atoms with Crippen LogP contribution in [0.25, 0.3) is 32.8 Å². The number of aromatic hydroxyl groups is 1. The fourth-order valence-electron chi connectivity index (χ4n) is 6.59. The second kappa shape index (κ2) is 10.9. The average molecular weight is 578 g/mol. The van der Waals surface area contributed by atoms with Crippen molar-refractivity contribution >= 4 is 39.1 Å². The number of aliphatic hydroxyl groups is 1. The van der Waals surface area contributed by atoms with E-state index < -0.39 is 5.82 Å². The minimum absolute atomic E-state index is 0.0307. The Kier molecular flexibility index (Phi) is 7.06. The first-order valence-electron chi connectivity index (χ1n) is 14.4. The van der Waals surface area contributed by atoms with E-state index in [-0.39, 0.29) is 34.0 Å². The van der Waals surface area contributed by atoms with Crippen molar-refractivity contribution in [1.29, 1.82) is 0 Å². The summed E-state index contributed by atoms with van der Waals surface area (Å²) in [6.45, 7) is 4.17. The summed E-state index contributed by atoms with van der Waals surface area (Å²) < 4.78 is 22.7. The molecule has 0 spiro atoms.